The Morgan fingerprint density at radius 2 is 1.95 bits per heavy atom. The van der Waals surface area contributed by atoms with E-state index in [9.17, 15) is 13.2 Å². The summed E-state index contributed by atoms with van der Waals surface area (Å²) < 4.78 is 31.3. The van der Waals surface area contributed by atoms with E-state index in [1.54, 1.807) is 6.92 Å². The number of morpholine rings is 1. The summed E-state index contributed by atoms with van der Waals surface area (Å²) in [5, 5.41) is 0. The minimum atomic E-state index is -3.19. The van der Waals surface area contributed by atoms with Crippen molar-refractivity contribution >= 4 is 15.9 Å². The van der Waals surface area contributed by atoms with Gasteiger partial charge in [0.05, 0.1) is 23.9 Å². The van der Waals surface area contributed by atoms with Crippen LogP contribution in [0.1, 0.15) is 26.2 Å². The zero-order valence-corrected chi connectivity index (χ0v) is 12.6. The van der Waals surface area contributed by atoms with E-state index >= 15 is 0 Å². The first-order valence-corrected chi connectivity index (χ1v) is 9.04. The van der Waals surface area contributed by atoms with E-state index in [-0.39, 0.29) is 29.8 Å². The van der Waals surface area contributed by atoms with E-state index in [0.29, 0.717) is 19.5 Å². The lowest BCUT2D eigenvalue weighted by Crippen LogP contribution is -2.48. The van der Waals surface area contributed by atoms with Crippen LogP contribution in [-0.2, 0) is 19.6 Å². The van der Waals surface area contributed by atoms with Crippen LogP contribution in [0.5, 0.6) is 0 Å². The van der Waals surface area contributed by atoms with E-state index < -0.39 is 10.0 Å². The van der Waals surface area contributed by atoms with Crippen molar-refractivity contribution in [2.45, 2.75) is 38.4 Å². The van der Waals surface area contributed by atoms with Crippen LogP contribution < -0.4 is 0 Å². The van der Waals surface area contributed by atoms with Crippen molar-refractivity contribution in [3.63, 3.8) is 0 Å². The van der Waals surface area contributed by atoms with Crippen molar-refractivity contribution in [2.75, 3.05) is 31.9 Å². The molecule has 20 heavy (non-hydrogen) atoms. The van der Waals surface area contributed by atoms with E-state index in [0.717, 1.165) is 25.9 Å². The van der Waals surface area contributed by atoms with E-state index in [2.05, 4.69) is 0 Å². The molecule has 3 heterocycles. The number of nitrogens with zero attached hydrogens (tertiary/aromatic N) is 2. The monoisotopic (exact) mass is 302 g/mol. The summed E-state index contributed by atoms with van der Waals surface area (Å²) in [7, 11) is -3.19. The molecule has 3 aliphatic heterocycles. The third kappa shape index (κ3) is 2.46. The zero-order valence-electron chi connectivity index (χ0n) is 11.8. The van der Waals surface area contributed by atoms with Gasteiger partial charge in [-0.05, 0) is 26.2 Å². The van der Waals surface area contributed by atoms with Crippen molar-refractivity contribution in [2.24, 2.45) is 5.92 Å². The van der Waals surface area contributed by atoms with Gasteiger partial charge in [-0.1, -0.05) is 0 Å². The lowest BCUT2D eigenvalue weighted by molar-refractivity contribution is -0.136. The van der Waals surface area contributed by atoms with Crippen LogP contribution in [0, 0.1) is 5.92 Å². The van der Waals surface area contributed by atoms with Gasteiger partial charge in [0, 0.05) is 26.2 Å². The molecule has 3 atom stereocenters. The van der Waals surface area contributed by atoms with Crippen LogP contribution in [0.3, 0.4) is 0 Å². The Bertz CT molecular complexity index is 487. The molecular weight excluding hydrogens is 280 g/mol. The normalized spacial score (nSPS) is 34.6. The highest BCUT2D eigenvalue weighted by atomic mass is 32.2. The average molecular weight is 302 g/mol. The molecule has 0 N–H and O–H groups in total. The molecule has 114 valence electrons. The maximum atomic E-state index is 12.5. The van der Waals surface area contributed by atoms with Gasteiger partial charge in [0.15, 0.2) is 0 Å². The van der Waals surface area contributed by atoms with Gasteiger partial charge < -0.3 is 9.64 Å². The molecule has 0 aromatic heterocycles. The first-order chi connectivity index (χ1) is 9.51. The number of hydrogen-bond acceptors (Lipinski definition) is 4. The number of ether oxygens (including phenoxy) is 1. The highest BCUT2D eigenvalue weighted by Gasteiger charge is 2.48. The fraction of sp³-hybridized carbons (Fsp3) is 0.923. The molecule has 0 unspecified atom stereocenters. The lowest BCUT2D eigenvalue weighted by atomic mass is 9.99. The van der Waals surface area contributed by atoms with Crippen LogP contribution in [0.15, 0.2) is 0 Å². The van der Waals surface area contributed by atoms with Gasteiger partial charge in [-0.15, -0.1) is 0 Å². The minimum absolute atomic E-state index is 0.108. The number of fused-ring (bicyclic) bond motifs is 2. The van der Waals surface area contributed by atoms with Crippen LogP contribution >= 0.6 is 0 Å². The third-order valence-electron chi connectivity index (χ3n) is 4.62. The molecule has 2 bridgehead atoms. The Balaban J connectivity index is 1.71. The molecule has 3 saturated heterocycles. The molecule has 0 radical (unpaired) electrons. The zero-order chi connectivity index (χ0) is 14.3. The van der Waals surface area contributed by atoms with Crippen molar-refractivity contribution in [1.29, 1.82) is 0 Å². The molecule has 0 saturated carbocycles. The van der Waals surface area contributed by atoms with Crippen LogP contribution in [0.2, 0.25) is 0 Å². The summed E-state index contributed by atoms with van der Waals surface area (Å²) in [5.74, 6) is 0.109. The summed E-state index contributed by atoms with van der Waals surface area (Å²) in [6.07, 6.45) is 2.43. The number of carbonyl (C=O) groups excluding carboxylic acids is 1. The SMILES string of the molecule is CCS(=O)(=O)N1C[C@H]2C[C@H](C(=O)N3CCCC3)[C@@H](C1)O2. The predicted octanol–water partition coefficient (Wildman–Crippen LogP) is 0.0478. The molecule has 7 heteroatoms. The summed E-state index contributed by atoms with van der Waals surface area (Å²) in [6, 6.07) is 0. The predicted molar refractivity (Wildman–Crippen MR) is 73.6 cm³/mol. The first-order valence-electron chi connectivity index (χ1n) is 7.43. The van der Waals surface area contributed by atoms with Crippen LogP contribution in [-0.4, -0.2) is 67.7 Å². The quantitative estimate of drug-likeness (QED) is 0.739. The van der Waals surface area contributed by atoms with Crippen molar-refractivity contribution < 1.29 is 17.9 Å². The fourth-order valence-corrected chi connectivity index (χ4v) is 4.60. The Kier molecular flexibility index (Phi) is 3.77. The number of rotatable bonds is 3. The van der Waals surface area contributed by atoms with Crippen molar-refractivity contribution in [3.8, 4) is 0 Å². The maximum Gasteiger partial charge on any atom is 0.228 e. The molecule has 3 rings (SSSR count). The highest BCUT2D eigenvalue weighted by Crippen LogP contribution is 2.34. The molecular formula is C13H22N2O4S. The van der Waals surface area contributed by atoms with Crippen molar-refractivity contribution in [3.05, 3.63) is 0 Å². The maximum absolute atomic E-state index is 12.5. The van der Waals surface area contributed by atoms with Crippen LogP contribution in [0.4, 0.5) is 0 Å². The summed E-state index contributed by atoms with van der Waals surface area (Å²) in [5.41, 5.74) is 0. The molecule has 0 aliphatic carbocycles. The average Bonchev–Trinajstić information content (AvgIpc) is 3.06. The van der Waals surface area contributed by atoms with Gasteiger partial charge in [0.1, 0.15) is 0 Å². The number of carbonyl (C=O) groups is 1. The second kappa shape index (κ2) is 5.27. The first kappa shape index (κ1) is 14.3. The molecule has 3 fully saturated rings. The number of amides is 1. The second-order valence-corrected chi connectivity index (χ2v) is 8.15. The van der Waals surface area contributed by atoms with E-state index in [1.807, 2.05) is 4.90 Å². The van der Waals surface area contributed by atoms with Gasteiger partial charge in [-0.2, -0.15) is 4.31 Å². The number of hydrogen-bond donors (Lipinski definition) is 0. The molecule has 1 amide bonds. The summed E-state index contributed by atoms with van der Waals surface area (Å²) >= 11 is 0. The fourth-order valence-electron chi connectivity index (χ4n) is 3.46. The Morgan fingerprint density at radius 3 is 2.60 bits per heavy atom. The second-order valence-electron chi connectivity index (χ2n) is 5.89. The minimum Gasteiger partial charge on any atom is -0.371 e. The van der Waals surface area contributed by atoms with Gasteiger partial charge >= 0.3 is 0 Å². The molecule has 3 aliphatic rings. The number of sulfonamides is 1. The Morgan fingerprint density at radius 1 is 1.25 bits per heavy atom. The molecule has 6 nitrogen and oxygen atoms in total. The summed E-state index contributed by atoms with van der Waals surface area (Å²) in [4.78, 5) is 14.4. The Hall–Kier alpha value is -0.660. The smallest absolute Gasteiger partial charge is 0.228 e. The molecule has 0 aromatic rings. The van der Waals surface area contributed by atoms with Gasteiger partial charge in [0.25, 0.3) is 0 Å². The Labute approximate surface area is 120 Å². The van der Waals surface area contributed by atoms with Crippen LogP contribution in [0.25, 0.3) is 0 Å². The van der Waals surface area contributed by atoms with Gasteiger partial charge in [-0.3, -0.25) is 4.79 Å². The number of likely N-dealkylation sites (tertiary alicyclic amines) is 1. The van der Waals surface area contributed by atoms with Crippen molar-refractivity contribution in [1.82, 2.24) is 9.21 Å². The van der Waals surface area contributed by atoms with Gasteiger partial charge in [-0.25, -0.2) is 8.42 Å². The lowest BCUT2D eigenvalue weighted by Gasteiger charge is -2.32. The highest BCUT2D eigenvalue weighted by molar-refractivity contribution is 7.89. The molecule has 0 spiro atoms. The third-order valence-corrected chi connectivity index (χ3v) is 6.43. The molecule has 0 aromatic carbocycles. The van der Waals surface area contributed by atoms with Gasteiger partial charge in [0.2, 0.25) is 15.9 Å². The van der Waals surface area contributed by atoms with E-state index in [1.165, 1.54) is 4.31 Å². The largest absolute Gasteiger partial charge is 0.371 e. The standard InChI is InChI=1S/C13H22N2O4S/c1-2-20(17,18)15-8-10-7-11(12(9-15)19-10)13(16)14-5-3-4-6-14/h10-12H,2-9H2,1H3/t10-,11+,12-/m1/s1. The van der Waals surface area contributed by atoms with E-state index in [4.69, 9.17) is 4.74 Å². The topological polar surface area (TPSA) is 66.9 Å². The summed E-state index contributed by atoms with van der Waals surface area (Å²) in [6.45, 7) is 4.06.